The first-order valence-corrected chi connectivity index (χ1v) is 14.5. The molecule has 5 rings (SSSR count). The fraction of sp³-hybridized carbons (Fsp3) is 0.276. The topological polar surface area (TPSA) is 121 Å². The van der Waals surface area contributed by atoms with Crippen LogP contribution in [0.2, 0.25) is 0 Å². The van der Waals surface area contributed by atoms with Gasteiger partial charge in [-0.3, -0.25) is 4.55 Å². The molecular weight excluding hydrogens is 607 g/mol. The van der Waals surface area contributed by atoms with Crippen LogP contribution in [0, 0.1) is 23.4 Å². The zero-order chi connectivity index (χ0) is 31.4. The van der Waals surface area contributed by atoms with E-state index in [9.17, 15) is 17.5 Å². The van der Waals surface area contributed by atoms with Gasteiger partial charge in [0.25, 0.3) is 0 Å². The molecule has 1 saturated heterocycles. The molecule has 15 heteroatoms. The summed E-state index contributed by atoms with van der Waals surface area (Å²) >= 11 is -2.69. The molecule has 4 N–H and O–H groups in total. The van der Waals surface area contributed by atoms with E-state index < -0.39 is 57.9 Å². The van der Waals surface area contributed by atoms with Crippen molar-refractivity contribution in [3.05, 3.63) is 95.6 Å². The first-order valence-electron chi connectivity index (χ1n) is 13.4. The number of pyridine rings is 1. The number of benzene rings is 2. The lowest BCUT2D eigenvalue weighted by Gasteiger charge is -2.33. The van der Waals surface area contributed by atoms with Gasteiger partial charge in [-0.1, -0.05) is 30.3 Å². The summed E-state index contributed by atoms with van der Waals surface area (Å²) in [5.41, 5.74) is -0.134. The molecule has 0 saturated carbocycles. The van der Waals surface area contributed by atoms with E-state index in [4.69, 9.17) is 4.74 Å². The largest absolute Gasteiger partial charge is 0.435 e. The molecule has 44 heavy (non-hydrogen) atoms. The van der Waals surface area contributed by atoms with Gasteiger partial charge in [0, 0.05) is 49.1 Å². The lowest BCUT2D eigenvalue weighted by Crippen LogP contribution is -2.48. The van der Waals surface area contributed by atoms with Crippen LogP contribution in [0.15, 0.2) is 67.0 Å². The molecule has 2 aromatic heterocycles. The van der Waals surface area contributed by atoms with Gasteiger partial charge in [-0.05, 0) is 37.1 Å². The zero-order valence-corrected chi connectivity index (χ0v) is 23.9. The van der Waals surface area contributed by atoms with Crippen molar-refractivity contribution in [2.24, 2.45) is 5.92 Å². The number of piperidine rings is 1. The van der Waals surface area contributed by atoms with Crippen LogP contribution < -0.4 is 20.1 Å². The summed E-state index contributed by atoms with van der Waals surface area (Å²) in [4.78, 5) is 12.7. The van der Waals surface area contributed by atoms with E-state index in [0.29, 0.717) is 12.6 Å². The van der Waals surface area contributed by atoms with Crippen LogP contribution in [0.1, 0.15) is 30.5 Å². The molecule has 4 atom stereocenters. The van der Waals surface area contributed by atoms with Crippen LogP contribution in [0.5, 0.6) is 11.6 Å². The SMILES string of the molecule is CC(F)(F)C1CNCC(Nc2nccc(-c3cccnc3Oc3cc(F)c(C(NS(=O)O)c4ccccc4)c(F)c3F)n2)C1. The van der Waals surface area contributed by atoms with Gasteiger partial charge in [0.2, 0.25) is 34.8 Å². The van der Waals surface area contributed by atoms with E-state index in [2.05, 4.69) is 30.3 Å². The normalized spacial score (nSPS) is 18.4. The third kappa shape index (κ3) is 7.18. The molecule has 1 fully saturated rings. The fourth-order valence-corrected chi connectivity index (χ4v) is 5.39. The second-order valence-electron chi connectivity index (χ2n) is 10.2. The summed E-state index contributed by atoms with van der Waals surface area (Å²) in [5, 5.41) is 6.03. The summed E-state index contributed by atoms with van der Waals surface area (Å²) in [6, 6.07) is 11.0. The van der Waals surface area contributed by atoms with E-state index in [1.807, 2.05) is 0 Å². The molecule has 0 spiro atoms. The molecule has 232 valence electrons. The van der Waals surface area contributed by atoms with Crippen LogP contribution in [0.3, 0.4) is 0 Å². The second-order valence-corrected chi connectivity index (χ2v) is 11.0. The molecule has 0 aliphatic carbocycles. The molecule has 0 amide bonds. The minimum atomic E-state index is -2.86. The molecule has 1 aliphatic heterocycles. The summed E-state index contributed by atoms with van der Waals surface area (Å²) < 4.78 is 102. The Balaban J connectivity index is 1.42. The Morgan fingerprint density at radius 1 is 1.05 bits per heavy atom. The molecule has 2 aromatic carbocycles. The highest BCUT2D eigenvalue weighted by atomic mass is 32.2. The summed E-state index contributed by atoms with van der Waals surface area (Å²) in [6.07, 6.45) is 2.93. The van der Waals surface area contributed by atoms with Crippen molar-refractivity contribution in [1.29, 1.82) is 0 Å². The Kier molecular flexibility index (Phi) is 9.48. The lowest BCUT2D eigenvalue weighted by molar-refractivity contribution is -0.0488. The molecule has 9 nitrogen and oxygen atoms in total. The number of rotatable bonds is 10. The van der Waals surface area contributed by atoms with Crippen LogP contribution in [0.4, 0.5) is 27.9 Å². The summed E-state index contributed by atoms with van der Waals surface area (Å²) in [6.45, 7) is 1.48. The van der Waals surface area contributed by atoms with Crippen molar-refractivity contribution in [3.63, 3.8) is 0 Å². The highest BCUT2D eigenvalue weighted by Gasteiger charge is 2.38. The van der Waals surface area contributed by atoms with Crippen molar-refractivity contribution in [2.75, 3.05) is 18.4 Å². The van der Waals surface area contributed by atoms with Crippen LogP contribution in [-0.4, -0.2) is 48.8 Å². The Bertz CT molecular complexity index is 1650. The van der Waals surface area contributed by atoms with E-state index in [-0.39, 0.29) is 47.7 Å². The number of halogens is 5. The van der Waals surface area contributed by atoms with E-state index in [1.165, 1.54) is 36.7 Å². The minimum Gasteiger partial charge on any atom is -0.435 e. The third-order valence-corrected chi connectivity index (χ3v) is 7.55. The quantitative estimate of drug-likeness (QED) is 0.101. The van der Waals surface area contributed by atoms with Crippen molar-refractivity contribution in [1.82, 2.24) is 25.0 Å². The standard InChI is InChI=1S/C29H27F5N6O3S/c1-29(33,34)17-12-18(15-35-14-17)38-28-37-11-9-21(39-28)19-8-5-10-36-27(19)43-22-13-20(30)23(25(32)24(22)31)26(40-44(41)42)16-6-3-2-4-7-16/h2-11,13,17-18,26,35,40H,12,14-15H2,1H3,(H,41,42)(H,37,38,39). The number of nitrogens with one attached hydrogen (secondary N) is 3. The maximum Gasteiger partial charge on any atom is 0.249 e. The molecule has 3 heterocycles. The number of alkyl halides is 2. The number of hydrogen-bond donors (Lipinski definition) is 4. The van der Waals surface area contributed by atoms with Gasteiger partial charge < -0.3 is 15.4 Å². The van der Waals surface area contributed by atoms with Gasteiger partial charge >= 0.3 is 0 Å². The van der Waals surface area contributed by atoms with E-state index in [0.717, 1.165) is 6.92 Å². The Morgan fingerprint density at radius 2 is 1.82 bits per heavy atom. The first-order chi connectivity index (χ1) is 21.0. The van der Waals surface area contributed by atoms with Crippen LogP contribution in [-0.2, 0) is 11.3 Å². The number of aromatic nitrogens is 3. The number of ether oxygens (including phenoxy) is 1. The average molecular weight is 635 g/mol. The molecule has 0 radical (unpaired) electrons. The van der Waals surface area contributed by atoms with Gasteiger partial charge in [-0.15, -0.1) is 0 Å². The monoisotopic (exact) mass is 634 g/mol. The van der Waals surface area contributed by atoms with Crippen molar-refractivity contribution >= 4 is 17.2 Å². The summed E-state index contributed by atoms with van der Waals surface area (Å²) in [5.74, 6) is -9.08. The van der Waals surface area contributed by atoms with E-state index in [1.54, 1.807) is 24.3 Å². The average Bonchev–Trinajstić information content (AvgIpc) is 3.00. The molecule has 4 aromatic rings. The zero-order valence-electron chi connectivity index (χ0n) is 23.1. The van der Waals surface area contributed by atoms with Crippen LogP contribution >= 0.6 is 0 Å². The maximum absolute atomic E-state index is 15.4. The predicted octanol–water partition coefficient (Wildman–Crippen LogP) is 5.61. The van der Waals surface area contributed by atoms with Gasteiger partial charge in [0.1, 0.15) is 5.82 Å². The van der Waals surface area contributed by atoms with Gasteiger partial charge in [-0.2, -0.15) is 4.39 Å². The lowest BCUT2D eigenvalue weighted by atomic mass is 9.91. The van der Waals surface area contributed by atoms with Crippen molar-refractivity contribution in [3.8, 4) is 22.9 Å². The third-order valence-electron chi connectivity index (χ3n) is 7.11. The Morgan fingerprint density at radius 3 is 2.55 bits per heavy atom. The smallest absolute Gasteiger partial charge is 0.249 e. The maximum atomic E-state index is 15.4. The molecule has 4 unspecified atom stereocenters. The van der Waals surface area contributed by atoms with Crippen molar-refractivity contribution in [2.45, 2.75) is 31.4 Å². The predicted molar refractivity (Wildman–Crippen MR) is 153 cm³/mol. The van der Waals surface area contributed by atoms with Gasteiger partial charge in [-0.25, -0.2) is 41.4 Å². The Labute approximate surface area is 251 Å². The number of anilines is 1. The highest BCUT2D eigenvalue weighted by Crippen LogP contribution is 2.37. The van der Waals surface area contributed by atoms with E-state index >= 15 is 13.2 Å². The molecule has 1 aliphatic rings. The first kappa shape index (κ1) is 31.4. The Hall–Kier alpha value is -4.05. The van der Waals surface area contributed by atoms with Gasteiger partial charge in [0.05, 0.1) is 17.3 Å². The number of nitrogens with zero attached hydrogens (tertiary/aromatic N) is 3. The fourth-order valence-electron chi connectivity index (χ4n) is 4.94. The molecule has 0 bridgehead atoms. The molecular formula is C29H27F5N6O3S. The summed E-state index contributed by atoms with van der Waals surface area (Å²) in [7, 11) is 0. The second kappa shape index (κ2) is 13.3. The van der Waals surface area contributed by atoms with Gasteiger partial charge in [0.15, 0.2) is 11.6 Å². The van der Waals surface area contributed by atoms with Crippen LogP contribution in [0.25, 0.3) is 11.3 Å². The van der Waals surface area contributed by atoms with Crippen molar-refractivity contribution < 1.29 is 35.5 Å². The number of hydrogen-bond acceptors (Lipinski definition) is 7. The minimum absolute atomic E-state index is 0.137. The highest BCUT2D eigenvalue weighted by molar-refractivity contribution is 7.77.